The zero-order valence-electron chi connectivity index (χ0n) is 12.4. The fourth-order valence-electron chi connectivity index (χ4n) is 1.75. The highest BCUT2D eigenvalue weighted by atomic mass is 32.2. The summed E-state index contributed by atoms with van der Waals surface area (Å²) >= 11 is 0. The van der Waals surface area contributed by atoms with Gasteiger partial charge in [0, 0.05) is 11.3 Å². The number of anilines is 1. The molecular formula is C15H22N2O2S. The fourth-order valence-corrected chi connectivity index (χ4v) is 3.45. The maximum atomic E-state index is 12.1. The number of aryl methyl sites for hydroxylation is 1. The van der Waals surface area contributed by atoms with Crippen molar-refractivity contribution in [1.29, 1.82) is 0 Å². The molecule has 3 N–H and O–H groups in total. The molecule has 20 heavy (non-hydrogen) atoms. The molecule has 0 saturated heterocycles. The van der Waals surface area contributed by atoms with Crippen LogP contribution in [0, 0.1) is 24.2 Å². The van der Waals surface area contributed by atoms with Crippen LogP contribution >= 0.6 is 0 Å². The van der Waals surface area contributed by atoms with E-state index in [-0.39, 0.29) is 17.7 Å². The topological polar surface area (TPSA) is 72.2 Å². The Morgan fingerprint density at radius 2 is 1.95 bits per heavy atom. The third-order valence-electron chi connectivity index (χ3n) is 2.46. The predicted octanol–water partition coefficient (Wildman–Crippen LogP) is 2.09. The molecule has 5 heteroatoms. The Hall–Kier alpha value is -1.51. The van der Waals surface area contributed by atoms with Crippen LogP contribution in [0.1, 0.15) is 31.9 Å². The Labute approximate surface area is 121 Å². The number of nitrogens with one attached hydrogen (secondary N) is 1. The summed E-state index contributed by atoms with van der Waals surface area (Å²) in [5.41, 5.74) is 7.36. The largest absolute Gasteiger partial charge is 0.320 e. The molecule has 0 aliphatic heterocycles. The smallest absolute Gasteiger partial charge is 0.233 e. The van der Waals surface area contributed by atoms with Crippen LogP contribution in [-0.4, -0.2) is 20.7 Å². The fraction of sp³-hybridized carbons (Fsp3) is 0.467. The van der Waals surface area contributed by atoms with E-state index in [1.807, 2.05) is 33.8 Å². The number of rotatable bonds is 3. The molecule has 110 valence electrons. The van der Waals surface area contributed by atoms with Crippen LogP contribution in [0.15, 0.2) is 18.2 Å². The molecule has 1 aromatic carbocycles. The molecule has 0 spiro atoms. The molecule has 0 fully saturated rings. The summed E-state index contributed by atoms with van der Waals surface area (Å²) in [6, 6.07) is 5.32. The van der Waals surface area contributed by atoms with Gasteiger partial charge in [-0.1, -0.05) is 38.7 Å². The van der Waals surface area contributed by atoms with Crippen LogP contribution in [0.25, 0.3) is 0 Å². The van der Waals surface area contributed by atoms with Gasteiger partial charge >= 0.3 is 0 Å². The van der Waals surface area contributed by atoms with Crippen molar-refractivity contribution in [2.45, 2.75) is 27.7 Å². The van der Waals surface area contributed by atoms with Gasteiger partial charge in [-0.15, -0.1) is 0 Å². The number of hydrogen-bond donors (Lipinski definition) is 2. The molecule has 0 aliphatic rings. The first-order valence-corrected chi connectivity index (χ1v) is 8.08. The van der Waals surface area contributed by atoms with E-state index in [1.165, 1.54) is 0 Å². The van der Waals surface area contributed by atoms with Crippen LogP contribution in [-0.2, 0) is 10.0 Å². The lowest BCUT2D eigenvalue weighted by atomic mass is 10.0. The van der Waals surface area contributed by atoms with Gasteiger partial charge in [0.25, 0.3) is 0 Å². The van der Waals surface area contributed by atoms with Crippen molar-refractivity contribution in [2.75, 3.05) is 17.0 Å². The highest BCUT2D eigenvalue weighted by Gasteiger charge is 2.21. The number of sulfonamides is 1. The first-order chi connectivity index (χ1) is 9.13. The Balaban J connectivity index is 2.99. The van der Waals surface area contributed by atoms with E-state index >= 15 is 0 Å². The Morgan fingerprint density at radius 1 is 1.30 bits per heavy atom. The summed E-state index contributed by atoms with van der Waals surface area (Å²) in [5, 5.41) is 0. The second kappa shape index (κ2) is 6.29. The lowest BCUT2D eigenvalue weighted by molar-refractivity contribution is 0.463. The Kier molecular flexibility index (Phi) is 5.21. The summed E-state index contributed by atoms with van der Waals surface area (Å²) in [6.07, 6.45) is 0. The molecule has 4 nitrogen and oxygen atoms in total. The van der Waals surface area contributed by atoms with Crippen molar-refractivity contribution in [2.24, 2.45) is 11.1 Å². The van der Waals surface area contributed by atoms with Crippen molar-refractivity contribution in [3.8, 4) is 11.8 Å². The molecule has 0 atom stereocenters. The highest BCUT2D eigenvalue weighted by molar-refractivity contribution is 7.92. The van der Waals surface area contributed by atoms with Crippen LogP contribution in [0.2, 0.25) is 0 Å². The third kappa shape index (κ3) is 5.64. The maximum Gasteiger partial charge on any atom is 0.233 e. The van der Waals surface area contributed by atoms with Gasteiger partial charge < -0.3 is 5.73 Å². The molecule has 0 amide bonds. The Bertz CT molecular complexity index is 632. The van der Waals surface area contributed by atoms with Gasteiger partial charge in [-0.25, -0.2) is 8.42 Å². The molecule has 1 aromatic rings. The van der Waals surface area contributed by atoms with Crippen molar-refractivity contribution < 1.29 is 8.42 Å². The van der Waals surface area contributed by atoms with Crippen LogP contribution in [0.3, 0.4) is 0 Å². The molecule has 0 aliphatic carbocycles. The zero-order chi connectivity index (χ0) is 15.4. The predicted molar refractivity (Wildman–Crippen MR) is 84.0 cm³/mol. The lowest BCUT2D eigenvalue weighted by Gasteiger charge is -2.19. The van der Waals surface area contributed by atoms with Gasteiger partial charge in [0.1, 0.15) is 0 Å². The maximum absolute atomic E-state index is 12.1. The van der Waals surface area contributed by atoms with E-state index in [1.54, 1.807) is 12.1 Å². The van der Waals surface area contributed by atoms with E-state index < -0.39 is 10.0 Å². The van der Waals surface area contributed by atoms with Crippen molar-refractivity contribution >= 4 is 15.7 Å². The SMILES string of the molecule is Cc1ccc(NS(=O)(=O)CC(C)(C)C)cc1C#CCN. The average Bonchev–Trinajstić information content (AvgIpc) is 2.26. The molecule has 0 heterocycles. The number of hydrogen-bond acceptors (Lipinski definition) is 3. The van der Waals surface area contributed by atoms with Gasteiger partial charge in [-0.3, -0.25) is 4.72 Å². The molecule has 0 radical (unpaired) electrons. The summed E-state index contributed by atoms with van der Waals surface area (Å²) in [5.74, 6) is 5.78. The summed E-state index contributed by atoms with van der Waals surface area (Å²) in [4.78, 5) is 0. The second-order valence-corrected chi connectivity index (χ2v) is 7.68. The van der Waals surface area contributed by atoms with Gasteiger partial charge in [0.15, 0.2) is 0 Å². The molecule has 0 aromatic heterocycles. The lowest BCUT2D eigenvalue weighted by Crippen LogP contribution is -2.26. The van der Waals surface area contributed by atoms with Gasteiger partial charge in [0.2, 0.25) is 10.0 Å². The first-order valence-electron chi connectivity index (χ1n) is 6.43. The van der Waals surface area contributed by atoms with Gasteiger partial charge in [0.05, 0.1) is 12.3 Å². The van der Waals surface area contributed by atoms with E-state index in [4.69, 9.17) is 5.73 Å². The molecule has 0 saturated carbocycles. The molecular weight excluding hydrogens is 272 g/mol. The van der Waals surface area contributed by atoms with Crippen molar-refractivity contribution in [3.63, 3.8) is 0 Å². The van der Waals surface area contributed by atoms with E-state index in [0.717, 1.165) is 11.1 Å². The van der Waals surface area contributed by atoms with Crippen LogP contribution < -0.4 is 10.5 Å². The van der Waals surface area contributed by atoms with E-state index in [9.17, 15) is 8.42 Å². The Morgan fingerprint density at radius 3 is 2.50 bits per heavy atom. The molecule has 1 rings (SSSR count). The monoisotopic (exact) mass is 294 g/mol. The van der Waals surface area contributed by atoms with E-state index in [0.29, 0.717) is 5.69 Å². The molecule has 0 bridgehead atoms. The van der Waals surface area contributed by atoms with Crippen molar-refractivity contribution in [1.82, 2.24) is 0 Å². The van der Waals surface area contributed by atoms with Crippen LogP contribution in [0.5, 0.6) is 0 Å². The standard InChI is InChI=1S/C15H22N2O2S/c1-12-7-8-14(10-13(12)6-5-9-16)17-20(18,19)11-15(2,3)4/h7-8,10,17H,9,11,16H2,1-4H3. The second-order valence-electron chi connectivity index (χ2n) is 5.96. The molecule has 0 unspecified atom stereocenters. The normalized spacial score (nSPS) is 11.7. The first kappa shape index (κ1) is 16.5. The van der Waals surface area contributed by atoms with Gasteiger partial charge in [-0.2, -0.15) is 0 Å². The minimum atomic E-state index is -3.37. The minimum absolute atomic E-state index is 0.0672. The van der Waals surface area contributed by atoms with Crippen molar-refractivity contribution in [3.05, 3.63) is 29.3 Å². The van der Waals surface area contributed by atoms with Crippen LogP contribution in [0.4, 0.5) is 5.69 Å². The summed E-state index contributed by atoms with van der Waals surface area (Å²) < 4.78 is 26.7. The van der Waals surface area contributed by atoms with E-state index in [2.05, 4.69) is 16.6 Å². The van der Waals surface area contributed by atoms with Gasteiger partial charge in [-0.05, 0) is 30.0 Å². The quantitative estimate of drug-likeness (QED) is 0.839. The highest BCUT2D eigenvalue weighted by Crippen LogP contribution is 2.20. The zero-order valence-corrected chi connectivity index (χ0v) is 13.3. The minimum Gasteiger partial charge on any atom is -0.320 e. The number of benzene rings is 1. The number of nitrogens with two attached hydrogens (primary N) is 1. The third-order valence-corrected chi connectivity index (χ3v) is 4.25. The summed E-state index contributed by atoms with van der Waals surface area (Å²) in [6.45, 7) is 7.87. The summed E-state index contributed by atoms with van der Waals surface area (Å²) in [7, 11) is -3.37. The average molecular weight is 294 g/mol.